The number of nitrogens with zero attached hydrogens (tertiary/aromatic N) is 3. The minimum absolute atomic E-state index is 0.0494. The van der Waals surface area contributed by atoms with Crippen molar-refractivity contribution in [3.05, 3.63) is 71.2 Å². The number of hydrogen-bond acceptors (Lipinski definition) is 6. The Balaban J connectivity index is 1.49. The van der Waals surface area contributed by atoms with Gasteiger partial charge in [0.1, 0.15) is 0 Å². The van der Waals surface area contributed by atoms with Crippen LogP contribution in [0.3, 0.4) is 0 Å². The van der Waals surface area contributed by atoms with E-state index in [9.17, 15) is 14.7 Å². The van der Waals surface area contributed by atoms with Crippen LogP contribution in [0.5, 0.6) is 0 Å². The second-order valence-electron chi connectivity index (χ2n) is 8.65. The van der Waals surface area contributed by atoms with Gasteiger partial charge < -0.3 is 5.11 Å². The molecule has 2 aromatic heterocycles. The summed E-state index contributed by atoms with van der Waals surface area (Å²) < 4.78 is 0. The predicted octanol–water partition coefficient (Wildman–Crippen LogP) is 6.52. The minimum Gasteiger partial charge on any atom is -0.481 e. The Kier molecular flexibility index (Phi) is 6.90. The Bertz CT molecular complexity index is 1280. The van der Waals surface area contributed by atoms with Gasteiger partial charge in [-0.15, -0.1) is 22.7 Å². The summed E-state index contributed by atoms with van der Waals surface area (Å²) in [6, 6.07) is 17.6. The lowest BCUT2D eigenvalue weighted by atomic mass is 9.78. The Morgan fingerprint density at radius 1 is 1.12 bits per heavy atom. The molecule has 34 heavy (non-hydrogen) atoms. The molecule has 0 aliphatic heterocycles. The van der Waals surface area contributed by atoms with E-state index in [4.69, 9.17) is 0 Å². The van der Waals surface area contributed by atoms with Crippen molar-refractivity contribution in [1.82, 2.24) is 9.97 Å². The molecular formula is C26H25N3O3S2. The first-order valence-corrected chi connectivity index (χ1v) is 12.5. The molecule has 0 saturated carbocycles. The van der Waals surface area contributed by atoms with Crippen molar-refractivity contribution in [3.63, 3.8) is 0 Å². The summed E-state index contributed by atoms with van der Waals surface area (Å²) in [5, 5.41) is 12.9. The maximum Gasteiger partial charge on any atom is 0.309 e. The van der Waals surface area contributed by atoms with Crippen LogP contribution in [0.4, 0.5) is 10.8 Å². The lowest BCUT2D eigenvalue weighted by molar-refractivity contribution is -0.149. The Morgan fingerprint density at radius 3 is 2.47 bits per heavy atom. The molecule has 0 fully saturated rings. The fourth-order valence-corrected chi connectivity index (χ4v) is 5.26. The van der Waals surface area contributed by atoms with Crippen molar-refractivity contribution in [3.8, 4) is 21.7 Å². The minimum atomic E-state index is -0.817. The highest BCUT2D eigenvalue weighted by molar-refractivity contribution is 7.15. The second kappa shape index (κ2) is 9.87. The van der Waals surface area contributed by atoms with Gasteiger partial charge in [-0.05, 0) is 37.5 Å². The van der Waals surface area contributed by atoms with Gasteiger partial charge in [0.05, 0.1) is 26.7 Å². The summed E-state index contributed by atoms with van der Waals surface area (Å²) in [7, 11) is 0. The van der Waals surface area contributed by atoms with Crippen LogP contribution in [0.15, 0.2) is 66.2 Å². The number of aromatic nitrogens is 2. The number of anilines is 2. The number of carbonyl (C=O) groups excluding carboxylic acids is 1. The van der Waals surface area contributed by atoms with Crippen LogP contribution in [0.25, 0.3) is 21.7 Å². The van der Waals surface area contributed by atoms with Crippen LogP contribution in [-0.4, -0.2) is 27.5 Å². The topological polar surface area (TPSA) is 83.4 Å². The maximum absolute atomic E-state index is 11.9. The van der Waals surface area contributed by atoms with Crippen molar-refractivity contribution in [1.29, 1.82) is 0 Å². The molecule has 0 spiro atoms. The summed E-state index contributed by atoms with van der Waals surface area (Å²) in [6.45, 7) is 5.44. The van der Waals surface area contributed by atoms with E-state index in [1.807, 2.05) is 73.1 Å². The smallest absolute Gasteiger partial charge is 0.309 e. The number of hydrogen-bond donors (Lipinski definition) is 1. The molecule has 4 rings (SSSR count). The third-order valence-corrected chi connectivity index (χ3v) is 8.03. The molecule has 6 nitrogen and oxygen atoms in total. The molecule has 0 radical (unpaired) electrons. The average molecular weight is 492 g/mol. The highest BCUT2D eigenvalue weighted by Crippen LogP contribution is 2.35. The highest BCUT2D eigenvalue weighted by atomic mass is 32.1. The number of carbonyl (C=O) groups is 2. The lowest BCUT2D eigenvalue weighted by Crippen LogP contribution is -2.32. The van der Waals surface area contributed by atoms with Gasteiger partial charge in [0.25, 0.3) is 0 Å². The zero-order chi connectivity index (χ0) is 24.3. The normalized spacial score (nSPS) is 12.3. The Labute approximate surface area is 206 Å². The van der Waals surface area contributed by atoms with Crippen LogP contribution < -0.4 is 4.90 Å². The molecule has 1 amide bonds. The van der Waals surface area contributed by atoms with E-state index in [1.54, 1.807) is 25.2 Å². The van der Waals surface area contributed by atoms with Gasteiger partial charge in [0, 0.05) is 23.6 Å². The molecule has 1 atom stereocenters. The predicted molar refractivity (Wildman–Crippen MR) is 138 cm³/mol. The van der Waals surface area contributed by atoms with Crippen LogP contribution in [0.1, 0.15) is 25.8 Å². The molecule has 0 aliphatic carbocycles. The number of benzene rings is 2. The molecule has 174 valence electrons. The van der Waals surface area contributed by atoms with E-state index >= 15 is 0 Å². The van der Waals surface area contributed by atoms with E-state index in [0.29, 0.717) is 11.6 Å². The van der Waals surface area contributed by atoms with E-state index in [1.165, 1.54) is 16.2 Å². The summed E-state index contributed by atoms with van der Waals surface area (Å²) in [4.78, 5) is 35.1. The van der Waals surface area contributed by atoms with Gasteiger partial charge in [-0.2, -0.15) is 0 Å². The van der Waals surface area contributed by atoms with Gasteiger partial charge in [-0.3, -0.25) is 14.5 Å². The lowest BCUT2D eigenvalue weighted by Gasteiger charge is -2.26. The number of amides is 1. The molecule has 8 heteroatoms. The van der Waals surface area contributed by atoms with Crippen LogP contribution in [0.2, 0.25) is 0 Å². The van der Waals surface area contributed by atoms with Gasteiger partial charge in [-0.1, -0.05) is 49.4 Å². The van der Waals surface area contributed by atoms with E-state index in [0.717, 1.165) is 38.8 Å². The summed E-state index contributed by atoms with van der Waals surface area (Å²) in [5.74, 6) is -0.852. The van der Waals surface area contributed by atoms with Crippen molar-refractivity contribution in [2.75, 3.05) is 4.90 Å². The first kappa shape index (κ1) is 23.8. The second-order valence-corrected chi connectivity index (χ2v) is 10.6. The van der Waals surface area contributed by atoms with Crippen molar-refractivity contribution in [2.24, 2.45) is 11.3 Å². The van der Waals surface area contributed by atoms with E-state index < -0.39 is 11.4 Å². The standard InChI is InChI=1S/C26H25N3O3S2/c1-17(26(2,3)24(31)32)13-23-27-14-22(34-23)19-9-11-20(12-10-19)29(16-30)25-28-21(15-33-25)18-7-5-4-6-8-18/h4-12,14-17H,13H2,1-3H3,(H,31,32). The van der Waals surface area contributed by atoms with Gasteiger partial charge in [-0.25, -0.2) is 9.97 Å². The maximum atomic E-state index is 11.9. The molecule has 1 N–H and O–H groups in total. The van der Waals surface area contributed by atoms with Crippen molar-refractivity contribution in [2.45, 2.75) is 27.2 Å². The molecular weight excluding hydrogens is 466 g/mol. The molecule has 2 aromatic carbocycles. The molecule has 1 unspecified atom stereocenters. The fraction of sp³-hybridized carbons (Fsp3) is 0.231. The monoisotopic (exact) mass is 491 g/mol. The number of thiazole rings is 2. The van der Waals surface area contributed by atoms with Crippen LogP contribution >= 0.6 is 22.7 Å². The zero-order valence-electron chi connectivity index (χ0n) is 19.1. The summed E-state index contributed by atoms with van der Waals surface area (Å²) in [6.07, 6.45) is 3.20. The highest BCUT2D eigenvalue weighted by Gasteiger charge is 2.34. The van der Waals surface area contributed by atoms with E-state index in [-0.39, 0.29) is 5.92 Å². The van der Waals surface area contributed by atoms with Gasteiger partial charge in [0.2, 0.25) is 6.41 Å². The number of aliphatic carboxylic acids is 1. The molecule has 2 heterocycles. The number of rotatable bonds is 9. The summed E-state index contributed by atoms with van der Waals surface area (Å²) in [5.41, 5.74) is 2.75. The average Bonchev–Trinajstić information content (AvgIpc) is 3.51. The SMILES string of the molecule is CC(Cc1ncc(-c2ccc(N(C=O)c3nc(-c4ccccc4)cs3)cc2)s1)C(C)(C)C(=O)O. The quantitative estimate of drug-likeness (QED) is 0.270. The van der Waals surface area contributed by atoms with Crippen LogP contribution in [-0.2, 0) is 16.0 Å². The third-order valence-electron chi connectivity index (χ3n) is 6.12. The summed E-state index contributed by atoms with van der Waals surface area (Å²) >= 11 is 2.98. The van der Waals surface area contributed by atoms with Crippen molar-refractivity contribution < 1.29 is 14.7 Å². The molecule has 0 saturated heterocycles. The zero-order valence-corrected chi connectivity index (χ0v) is 20.8. The largest absolute Gasteiger partial charge is 0.481 e. The van der Waals surface area contributed by atoms with Crippen LogP contribution in [0, 0.1) is 11.3 Å². The number of carboxylic acid groups (broad SMARTS) is 1. The Morgan fingerprint density at radius 2 is 1.82 bits per heavy atom. The van der Waals surface area contributed by atoms with Gasteiger partial charge >= 0.3 is 5.97 Å². The van der Waals surface area contributed by atoms with Gasteiger partial charge in [0.15, 0.2) is 5.13 Å². The molecule has 4 aromatic rings. The molecule has 0 aliphatic rings. The third kappa shape index (κ3) is 4.93. The Hall–Kier alpha value is -3.36. The molecule has 0 bridgehead atoms. The number of carboxylic acids is 1. The van der Waals surface area contributed by atoms with Crippen molar-refractivity contribution >= 4 is 45.9 Å². The first-order valence-electron chi connectivity index (χ1n) is 10.8. The fourth-order valence-electron chi connectivity index (χ4n) is 3.39. The first-order chi connectivity index (χ1) is 16.3. The van der Waals surface area contributed by atoms with E-state index in [2.05, 4.69) is 9.97 Å².